The first-order valence-electron chi connectivity index (χ1n) is 18.4. The summed E-state index contributed by atoms with van der Waals surface area (Å²) in [7, 11) is 1.34. The van der Waals surface area contributed by atoms with E-state index in [1.807, 2.05) is 0 Å². The molecule has 18 heteroatoms. The van der Waals surface area contributed by atoms with Gasteiger partial charge in [0.15, 0.2) is 0 Å². The zero-order valence-corrected chi connectivity index (χ0v) is 32.0. The number of benzene rings is 2. The number of carbonyl (C=O) groups excluding carboxylic acids is 2. The van der Waals surface area contributed by atoms with E-state index in [1.54, 1.807) is 18.2 Å². The van der Waals surface area contributed by atoms with Crippen molar-refractivity contribution >= 4 is 23.3 Å². The lowest BCUT2D eigenvalue weighted by Gasteiger charge is -2.13. The second-order valence-corrected chi connectivity index (χ2v) is 11.3. The monoisotopic (exact) mass is 807 g/mol. The third-order valence-electron chi connectivity index (χ3n) is 7.10. The SMILES string of the molecule is COC(=O)CCOCCOCCOCCOCCOCCOCCOCCOCCOCCOCCOC(=O)c1ccccc1Nc1cccc(C(F)(F)F)c1. The van der Waals surface area contributed by atoms with Crippen molar-refractivity contribution in [3.8, 4) is 0 Å². The molecule has 56 heavy (non-hydrogen) atoms. The fourth-order valence-electron chi connectivity index (χ4n) is 4.31. The molecule has 0 bridgehead atoms. The number of hydrogen-bond donors (Lipinski definition) is 1. The number of ether oxygens (including phenoxy) is 12. The number of para-hydroxylation sites is 1. The molecule has 0 unspecified atom stereocenters. The molecule has 0 spiro atoms. The molecule has 0 aliphatic heterocycles. The Morgan fingerprint density at radius 2 is 0.911 bits per heavy atom. The number of alkyl halides is 3. The van der Waals surface area contributed by atoms with Gasteiger partial charge in [0.2, 0.25) is 0 Å². The molecule has 0 radical (unpaired) electrons. The normalized spacial score (nSPS) is 11.5. The van der Waals surface area contributed by atoms with Crippen LogP contribution in [0.2, 0.25) is 0 Å². The lowest BCUT2D eigenvalue weighted by Crippen LogP contribution is -2.16. The smallest absolute Gasteiger partial charge is 0.416 e. The van der Waals surface area contributed by atoms with Crippen LogP contribution >= 0.6 is 0 Å². The maximum atomic E-state index is 13.1. The van der Waals surface area contributed by atoms with Gasteiger partial charge in [-0.25, -0.2) is 4.79 Å². The minimum atomic E-state index is -4.48. The summed E-state index contributed by atoms with van der Waals surface area (Å²) in [6.07, 6.45) is -4.25. The van der Waals surface area contributed by atoms with E-state index in [1.165, 1.54) is 25.3 Å². The summed E-state index contributed by atoms with van der Waals surface area (Å²) in [5.41, 5.74) is -0.107. The minimum Gasteiger partial charge on any atom is -0.469 e. The van der Waals surface area contributed by atoms with Crippen molar-refractivity contribution in [1.29, 1.82) is 0 Å². The van der Waals surface area contributed by atoms with Crippen LogP contribution in [0.3, 0.4) is 0 Å². The number of methoxy groups -OCH3 is 1. The molecule has 318 valence electrons. The van der Waals surface area contributed by atoms with Crippen molar-refractivity contribution in [2.75, 3.05) is 151 Å². The zero-order valence-electron chi connectivity index (χ0n) is 32.0. The van der Waals surface area contributed by atoms with Crippen LogP contribution in [-0.4, -0.2) is 158 Å². The predicted octanol–water partition coefficient (Wildman–Crippen LogP) is 4.33. The van der Waals surface area contributed by atoms with Gasteiger partial charge in [-0.3, -0.25) is 4.79 Å². The van der Waals surface area contributed by atoms with Gasteiger partial charge in [0.05, 0.1) is 162 Å². The van der Waals surface area contributed by atoms with Crippen LogP contribution in [0, 0.1) is 0 Å². The molecule has 0 fully saturated rings. The highest BCUT2D eigenvalue weighted by Crippen LogP contribution is 2.32. The second kappa shape index (κ2) is 32.6. The Kier molecular flexibility index (Phi) is 28.4. The quantitative estimate of drug-likeness (QED) is 0.0766. The third kappa shape index (κ3) is 25.7. The Morgan fingerprint density at radius 1 is 0.518 bits per heavy atom. The number of anilines is 2. The Morgan fingerprint density at radius 3 is 1.32 bits per heavy atom. The summed E-state index contributed by atoms with van der Waals surface area (Å²) >= 11 is 0. The molecule has 0 aromatic heterocycles. The fraction of sp³-hybridized carbons (Fsp3) is 0.632. The molecule has 0 amide bonds. The van der Waals surface area contributed by atoms with E-state index in [0.29, 0.717) is 131 Å². The molecule has 1 N–H and O–H groups in total. The van der Waals surface area contributed by atoms with Crippen molar-refractivity contribution in [1.82, 2.24) is 0 Å². The van der Waals surface area contributed by atoms with Crippen molar-refractivity contribution in [2.24, 2.45) is 0 Å². The van der Waals surface area contributed by atoms with Gasteiger partial charge in [0.25, 0.3) is 0 Å². The number of carbonyl (C=O) groups is 2. The third-order valence-corrected chi connectivity index (χ3v) is 7.10. The van der Waals surface area contributed by atoms with Gasteiger partial charge >= 0.3 is 18.1 Å². The van der Waals surface area contributed by atoms with E-state index in [0.717, 1.165) is 12.1 Å². The van der Waals surface area contributed by atoms with Gasteiger partial charge in [0.1, 0.15) is 6.61 Å². The number of nitrogens with one attached hydrogen (secondary N) is 1. The molecule has 0 saturated carbocycles. The Labute approximate surface area is 326 Å². The zero-order chi connectivity index (χ0) is 40.4. The second-order valence-electron chi connectivity index (χ2n) is 11.3. The highest BCUT2D eigenvalue weighted by atomic mass is 19.4. The first kappa shape index (κ1) is 48.7. The standard InChI is InChI=1S/C38H56F3NO14/c1-45-36(43)9-10-46-11-12-47-13-14-48-15-16-49-17-18-50-19-20-51-21-22-52-23-24-53-25-26-54-27-28-55-29-30-56-37(44)34-7-2-3-8-35(34)42-33-6-4-5-32(31-33)38(39,40)41/h2-8,31,42H,9-30H2,1H3. The topological polar surface area (TPSA) is 157 Å². The van der Waals surface area contributed by atoms with Crippen LogP contribution < -0.4 is 5.32 Å². The van der Waals surface area contributed by atoms with E-state index in [4.69, 9.17) is 52.1 Å². The molecule has 15 nitrogen and oxygen atoms in total. The van der Waals surface area contributed by atoms with Crippen LogP contribution in [-0.2, 0) is 67.8 Å². The Balaban J connectivity index is 1.28. The molecule has 2 aromatic carbocycles. The Bertz CT molecular complexity index is 1290. The van der Waals surface area contributed by atoms with Crippen molar-refractivity contribution in [3.63, 3.8) is 0 Å². The molecule has 0 atom stereocenters. The van der Waals surface area contributed by atoms with Gasteiger partial charge in [-0.1, -0.05) is 18.2 Å². The van der Waals surface area contributed by atoms with Crippen LogP contribution in [0.4, 0.5) is 24.5 Å². The Hall–Kier alpha value is -3.43. The van der Waals surface area contributed by atoms with Crippen molar-refractivity contribution in [3.05, 3.63) is 59.7 Å². The first-order chi connectivity index (χ1) is 27.3. The predicted molar refractivity (Wildman–Crippen MR) is 196 cm³/mol. The average Bonchev–Trinajstić information content (AvgIpc) is 3.19. The summed E-state index contributed by atoms with van der Waals surface area (Å²) in [6, 6.07) is 11.1. The molecule has 0 aliphatic carbocycles. The van der Waals surface area contributed by atoms with E-state index in [9.17, 15) is 22.8 Å². The molecule has 2 rings (SSSR count). The summed E-state index contributed by atoms with van der Waals surface area (Å²) in [4.78, 5) is 23.5. The van der Waals surface area contributed by atoms with Crippen molar-refractivity contribution < 1.29 is 79.6 Å². The van der Waals surface area contributed by atoms with Gasteiger partial charge in [-0.05, 0) is 30.3 Å². The maximum absolute atomic E-state index is 13.1. The van der Waals surface area contributed by atoms with Gasteiger partial charge in [-0.2, -0.15) is 13.2 Å². The molecule has 0 heterocycles. The van der Waals surface area contributed by atoms with Crippen molar-refractivity contribution in [2.45, 2.75) is 12.6 Å². The van der Waals surface area contributed by atoms with Crippen LogP contribution in [0.15, 0.2) is 48.5 Å². The summed E-state index contributed by atoms with van der Waals surface area (Å²) in [6.45, 7) is 8.07. The van der Waals surface area contributed by atoms with E-state index < -0.39 is 17.7 Å². The summed E-state index contributed by atoms with van der Waals surface area (Å²) in [5.74, 6) is -0.934. The number of halogens is 3. The molecule has 0 aliphatic rings. The van der Waals surface area contributed by atoms with Gasteiger partial charge < -0.3 is 62.2 Å². The van der Waals surface area contributed by atoms with E-state index in [2.05, 4.69) is 10.1 Å². The maximum Gasteiger partial charge on any atom is 0.416 e. The summed E-state index contributed by atoms with van der Waals surface area (Å²) in [5, 5.41) is 2.85. The summed E-state index contributed by atoms with van der Waals surface area (Å²) < 4.78 is 103. The fourth-order valence-corrected chi connectivity index (χ4v) is 4.31. The molecule has 2 aromatic rings. The average molecular weight is 808 g/mol. The van der Waals surface area contributed by atoms with Crippen LogP contribution in [0.25, 0.3) is 0 Å². The lowest BCUT2D eigenvalue weighted by molar-refractivity contribution is -0.142. The molecular formula is C38H56F3NO14. The number of rotatable bonds is 36. The number of esters is 2. The number of hydrogen-bond acceptors (Lipinski definition) is 15. The van der Waals surface area contributed by atoms with Gasteiger partial charge in [-0.15, -0.1) is 0 Å². The molecular weight excluding hydrogens is 751 g/mol. The highest BCUT2D eigenvalue weighted by molar-refractivity contribution is 5.96. The first-order valence-corrected chi connectivity index (χ1v) is 18.4. The van der Waals surface area contributed by atoms with Crippen LogP contribution in [0.1, 0.15) is 22.3 Å². The van der Waals surface area contributed by atoms with Crippen LogP contribution in [0.5, 0.6) is 0 Å². The molecule has 0 saturated heterocycles. The van der Waals surface area contributed by atoms with E-state index >= 15 is 0 Å². The highest BCUT2D eigenvalue weighted by Gasteiger charge is 2.30. The van der Waals surface area contributed by atoms with E-state index in [-0.39, 0.29) is 36.9 Å². The largest absolute Gasteiger partial charge is 0.469 e. The minimum absolute atomic E-state index is 0.00747. The lowest BCUT2D eigenvalue weighted by atomic mass is 10.1. The van der Waals surface area contributed by atoms with Gasteiger partial charge in [0, 0.05) is 5.69 Å².